The molecule has 0 spiro atoms. The minimum atomic E-state index is -0.0834. The molecule has 0 bridgehead atoms. The second-order valence-electron chi connectivity index (χ2n) is 7.43. The first-order chi connectivity index (χ1) is 12.7. The largest absolute Gasteiger partial charge is 0.334 e. The second-order valence-corrected chi connectivity index (χ2v) is 7.84. The quantitative estimate of drug-likeness (QED) is 0.842. The SMILES string of the molecule is O=C(Nc1ccccc1Cl)N1CCCC(c2nccn2CC2CCC2)C1. The molecule has 4 rings (SSSR count). The second kappa shape index (κ2) is 7.70. The zero-order valence-electron chi connectivity index (χ0n) is 14.9. The van der Waals surface area contributed by atoms with Gasteiger partial charge in [-0.05, 0) is 43.7 Å². The number of piperidine rings is 1. The van der Waals surface area contributed by atoms with Crippen molar-refractivity contribution in [2.45, 2.75) is 44.6 Å². The molecular weight excluding hydrogens is 348 g/mol. The maximum Gasteiger partial charge on any atom is 0.321 e. The summed E-state index contributed by atoms with van der Waals surface area (Å²) in [4.78, 5) is 19.2. The molecule has 1 saturated heterocycles. The van der Waals surface area contributed by atoms with Gasteiger partial charge in [-0.3, -0.25) is 0 Å². The Kier molecular flexibility index (Phi) is 5.16. The van der Waals surface area contributed by atoms with Crippen LogP contribution in [0.4, 0.5) is 10.5 Å². The fraction of sp³-hybridized carbons (Fsp3) is 0.500. The fourth-order valence-electron chi connectivity index (χ4n) is 3.92. The number of aromatic nitrogens is 2. The third-order valence-electron chi connectivity index (χ3n) is 5.62. The van der Waals surface area contributed by atoms with Gasteiger partial charge in [-0.15, -0.1) is 0 Å². The molecule has 1 unspecified atom stereocenters. The Morgan fingerprint density at radius 1 is 1.23 bits per heavy atom. The molecule has 1 N–H and O–H groups in total. The van der Waals surface area contributed by atoms with E-state index < -0.39 is 0 Å². The van der Waals surface area contributed by atoms with E-state index in [4.69, 9.17) is 11.6 Å². The monoisotopic (exact) mass is 372 g/mol. The lowest BCUT2D eigenvalue weighted by Gasteiger charge is -2.33. The number of para-hydroxylation sites is 1. The molecule has 1 aromatic heterocycles. The number of nitrogens with one attached hydrogen (secondary N) is 1. The van der Waals surface area contributed by atoms with E-state index in [-0.39, 0.29) is 6.03 Å². The number of amides is 2. The minimum absolute atomic E-state index is 0.0834. The van der Waals surface area contributed by atoms with Gasteiger partial charge < -0.3 is 14.8 Å². The van der Waals surface area contributed by atoms with Gasteiger partial charge in [0.25, 0.3) is 0 Å². The van der Waals surface area contributed by atoms with Gasteiger partial charge in [0.05, 0.1) is 10.7 Å². The van der Waals surface area contributed by atoms with Crippen LogP contribution in [0.25, 0.3) is 0 Å². The van der Waals surface area contributed by atoms with Crippen molar-refractivity contribution in [2.75, 3.05) is 18.4 Å². The molecular formula is C20H25ClN4O. The van der Waals surface area contributed by atoms with Crippen LogP contribution in [-0.2, 0) is 6.54 Å². The fourth-order valence-corrected chi connectivity index (χ4v) is 4.10. The smallest absolute Gasteiger partial charge is 0.321 e. The number of imidazole rings is 1. The topological polar surface area (TPSA) is 50.2 Å². The van der Waals surface area contributed by atoms with Crippen molar-refractivity contribution < 1.29 is 4.79 Å². The van der Waals surface area contributed by atoms with E-state index in [1.807, 2.05) is 29.3 Å². The van der Waals surface area contributed by atoms with Gasteiger partial charge in [-0.25, -0.2) is 9.78 Å². The Labute approximate surface area is 159 Å². The van der Waals surface area contributed by atoms with Crippen molar-refractivity contribution in [2.24, 2.45) is 5.92 Å². The first-order valence-electron chi connectivity index (χ1n) is 9.52. The molecule has 1 aliphatic heterocycles. The van der Waals surface area contributed by atoms with E-state index in [9.17, 15) is 4.79 Å². The molecule has 6 heteroatoms. The number of nitrogens with zero attached hydrogens (tertiary/aromatic N) is 3. The Bertz CT molecular complexity index is 771. The zero-order valence-corrected chi connectivity index (χ0v) is 15.7. The number of likely N-dealkylation sites (tertiary alicyclic amines) is 1. The van der Waals surface area contributed by atoms with Gasteiger partial charge in [0, 0.05) is 37.9 Å². The average molecular weight is 373 g/mol. The normalized spacial score (nSPS) is 20.7. The summed E-state index contributed by atoms with van der Waals surface area (Å²) in [6.45, 7) is 2.55. The van der Waals surface area contributed by atoms with Crippen LogP contribution >= 0.6 is 11.6 Å². The lowest BCUT2D eigenvalue weighted by atomic mass is 9.85. The van der Waals surface area contributed by atoms with Crippen molar-refractivity contribution in [1.29, 1.82) is 0 Å². The van der Waals surface area contributed by atoms with Crippen LogP contribution < -0.4 is 5.32 Å². The number of anilines is 1. The maximum atomic E-state index is 12.7. The van der Waals surface area contributed by atoms with Crippen molar-refractivity contribution in [3.05, 3.63) is 47.5 Å². The lowest BCUT2D eigenvalue weighted by Crippen LogP contribution is -2.42. The molecule has 1 saturated carbocycles. The van der Waals surface area contributed by atoms with E-state index in [2.05, 4.69) is 21.1 Å². The average Bonchev–Trinajstić information content (AvgIpc) is 3.08. The third-order valence-corrected chi connectivity index (χ3v) is 5.95. The maximum absolute atomic E-state index is 12.7. The minimum Gasteiger partial charge on any atom is -0.334 e. The number of benzene rings is 1. The van der Waals surface area contributed by atoms with Crippen molar-refractivity contribution in [3.8, 4) is 0 Å². The van der Waals surface area contributed by atoms with E-state index in [0.717, 1.165) is 37.7 Å². The van der Waals surface area contributed by atoms with E-state index in [1.165, 1.54) is 19.3 Å². The van der Waals surface area contributed by atoms with Crippen molar-refractivity contribution in [3.63, 3.8) is 0 Å². The number of carbonyl (C=O) groups excluding carboxylic acids is 1. The van der Waals surface area contributed by atoms with Gasteiger partial charge in [-0.2, -0.15) is 0 Å². The lowest BCUT2D eigenvalue weighted by molar-refractivity contribution is 0.189. The highest BCUT2D eigenvalue weighted by Crippen LogP contribution is 2.31. The Morgan fingerprint density at radius 3 is 2.85 bits per heavy atom. The number of halogens is 1. The number of hydrogen-bond donors (Lipinski definition) is 1. The summed E-state index contributed by atoms with van der Waals surface area (Å²) in [5.74, 6) is 2.23. The molecule has 2 fully saturated rings. The molecule has 2 amide bonds. The van der Waals surface area contributed by atoms with Crippen molar-refractivity contribution >= 4 is 23.3 Å². The standard InChI is InChI=1S/C20H25ClN4O/c21-17-8-1-2-9-18(17)23-20(26)25-11-4-7-16(14-25)19-22-10-12-24(19)13-15-5-3-6-15/h1-2,8-10,12,15-16H,3-7,11,13-14H2,(H,23,26). The van der Waals surface area contributed by atoms with E-state index in [1.54, 1.807) is 6.07 Å². The van der Waals surface area contributed by atoms with Gasteiger partial charge >= 0.3 is 6.03 Å². The van der Waals surface area contributed by atoms with Crippen molar-refractivity contribution in [1.82, 2.24) is 14.5 Å². The predicted molar refractivity (Wildman–Crippen MR) is 104 cm³/mol. The highest BCUT2D eigenvalue weighted by atomic mass is 35.5. The highest BCUT2D eigenvalue weighted by Gasteiger charge is 2.28. The number of carbonyl (C=O) groups is 1. The molecule has 26 heavy (non-hydrogen) atoms. The highest BCUT2D eigenvalue weighted by molar-refractivity contribution is 6.33. The Hall–Kier alpha value is -2.01. The van der Waals surface area contributed by atoms with Gasteiger partial charge in [-0.1, -0.05) is 30.2 Å². The summed E-state index contributed by atoms with van der Waals surface area (Å²) in [5, 5.41) is 3.50. The summed E-state index contributed by atoms with van der Waals surface area (Å²) in [5.41, 5.74) is 0.660. The van der Waals surface area contributed by atoms with Crippen LogP contribution in [-0.4, -0.2) is 33.6 Å². The molecule has 1 atom stereocenters. The van der Waals surface area contributed by atoms with Crippen LogP contribution in [0.3, 0.4) is 0 Å². The molecule has 2 aliphatic rings. The molecule has 0 radical (unpaired) electrons. The Morgan fingerprint density at radius 2 is 2.08 bits per heavy atom. The first-order valence-corrected chi connectivity index (χ1v) is 9.90. The summed E-state index contributed by atoms with van der Waals surface area (Å²) in [7, 11) is 0. The van der Waals surface area contributed by atoms with Crippen LogP contribution in [0.2, 0.25) is 5.02 Å². The summed E-state index contributed by atoms with van der Waals surface area (Å²) in [6.07, 6.45) is 10.1. The summed E-state index contributed by atoms with van der Waals surface area (Å²) >= 11 is 6.16. The van der Waals surface area contributed by atoms with E-state index in [0.29, 0.717) is 23.2 Å². The molecule has 5 nitrogen and oxygen atoms in total. The summed E-state index contributed by atoms with van der Waals surface area (Å²) in [6, 6.07) is 7.26. The zero-order chi connectivity index (χ0) is 17.9. The molecule has 1 aliphatic carbocycles. The Balaban J connectivity index is 1.42. The van der Waals surface area contributed by atoms with Crippen LogP contribution in [0.15, 0.2) is 36.7 Å². The third kappa shape index (κ3) is 3.73. The first kappa shape index (κ1) is 17.4. The van der Waals surface area contributed by atoms with Gasteiger partial charge in [0.15, 0.2) is 0 Å². The van der Waals surface area contributed by atoms with Gasteiger partial charge in [0.1, 0.15) is 5.82 Å². The van der Waals surface area contributed by atoms with Crippen LogP contribution in [0, 0.1) is 5.92 Å². The number of rotatable bonds is 4. The number of hydrogen-bond acceptors (Lipinski definition) is 2. The molecule has 2 aromatic rings. The molecule has 1 aromatic carbocycles. The predicted octanol–water partition coefficient (Wildman–Crippen LogP) is 4.75. The van der Waals surface area contributed by atoms with Gasteiger partial charge in [0.2, 0.25) is 0 Å². The van der Waals surface area contributed by atoms with Crippen LogP contribution in [0.5, 0.6) is 0 Å². The summed E-state index contributed by atoms with van der Waals surface area (Å²) < 4.78 is 2.31. The van der Waals surface area contributed by atoms with E-state index >= 15 is 0 Å². The van der Waals surface area contributed by atoms with Crippen LogP contribution in [0.1, 0.15) is 43.8 Å². The number of urea groups is 1. The molecule has 138 valence electrons. The molecule has 2 heterocycles.